The molecule has 2 rings (SSSR count). The van der Waals surface area contributed by atoms with Gasteiger partial charge in [-0.25, -0.2) is 0 Å². The molecule has 1 saturated carbocycles. The maximum absolute atomic E-state index is 14.0. The van der Waals surface area contributed by atoms with Gasteiger partial charge >= 0.3 is 0 Å². The molecule has 2 aliphatic rings. The van der Waals surface area contributed by atoms with Crippen molar-refractivity contribution < 1.29 is 19.4 Å². The van der Waals surface area contributed by atoms with Gasteiger partial charge in [-0.15, -0.1) is 11.6 Å². The van der Waals surface area contributed by atoms with Crippen molar-refractivity contribution >= 4 is 17.5 Å². The zero-order valence-electron chi connectivity index (χ0n) is 25.3. The predicted molar refractivity (Wildman–Crippen MR) is 163 cm³/mol. The number of methoxy groups -OCH3 is 1. The summed E-state index contributed by atoms with van der Waals surface area (Å²) in [6.45, 7) is 16.0. The van der Waals surface area contributed by atoms with Crippen molar-refractivity contribution in [1.82, 2.24) is 4.90 Å². The van der Waals surface area contributed by atoms with Crippen molar-refractivity contribution in [2.24, 2.45) is 5.92 Å². The molecule has 6 heteroatoms. The van der Waals surface area contributed by atoms with Crippen molar-refractivity contribution in [1.29, 1.82) is 0 Å². The number of unbranched alkanes of at least 4 members (excludes halogenated alkanes) is 1. The summed E-state index contributed by atoms with van der Waals surface area (Å²) >= 11 is 6.30. The third kappa shape index (κ3) is 9.86. The van der Waals surface area contributed by atoms with Crippen molar-refractivity contribution in [2.45, 2.75) is 128 Å². The van der Waals surface area contributed by atoms with Gasteiger partial charge in [0.25, 0.3) is 0 Å². The molecule has 1 amide bonds. The standard InChI is InChI=1S/C33H52ClNO4/c1-9-11-20-33(7,37)27-14-18-29(19-15-27)35(25(6)26-12-16-28(34)17-13-26)32(36)22-24(5)21-31(38-8)30(10-2)39-23(3)4/h10,12-13,16,21,23,25,27-29,37H,2,9,11,14-15,17-20,22H2,1,3-8H3/b24-21+,31-30-. The number of ether oxygens (including phenoxy) is 2. The van der Waals surface area contributed by atoms with Crippen molar-refractivity contribution in [3.05, 3.63) is 59.6 Å². The van der Waals surface area contributed by atoms with Crippen LogP contribution in [-0.4, -0.2) is 52.2 Å². The summed E-state index contributed by atoms with van der Waals surface area (Å²) in [6.07, 6.45) is 17.4. The van der Waals surface area contributed by atoms with Gasteiger partial charge in [-0.3, -0.25) is 4.79 Å². The molecule has 5 nitrogen and oxygen atoms in total. The molecular weight excluding hydrogens is 510 g/mol. The molecule has 3 atom stereocenters. The number of hydrogen-bond donors (Lipinski definition) is 1. The van der Waals surface area contributed by atoms with Crippen LogP contribution < -0.4 is 0 Å². The highest BCUT2D eigenvalue weighted by Gasteiger charge is 2.38. The molecule has 0 spiro atoms. The Morgan fingerprint density at radius 1 is 1.26 bits per heavy atom. The second-order valence-corrected chi connectivity index (χ2v) is 12.3. The smallest absolute Gasteiger partial charge is 0.227 e. The zero-order chi connectivity index (χ0) is 29.2. The fourth-order valence-corrected chi connectivity index (χ4v) is 5.99. The van der Waals surface area contributed by atoms with Crippen LogP contribution in [0.4, 0.5) is 0 Å². The topological polar surface area (TPSA) is 59.0 Å². The third-order valence-electron chi connectivity index (χ3n) is 8.09. The first-order valence-corrected chi connectivity index (χ1v) is 15.2. The highest BCUT2D eigenvalue weighted by atomic mass is 35.5. The first-order valence-electron chi connectivity index (χ1n) is 14.7. The van der Waals surface area contributed by atoms with Crippen LogP contribution in [0.15, 0.2) is 59.6 Å². The Bertz CT molecular complexity index is 937. The molecule has 2 aliphatic carbocycles. The Labute approximate surface area is 242 Å². The Morgan fingerprint density at radius 2 is 1.92 bits per heavy atom. The van der Waals surface area contributed by atoms with E-state index in [4.69, 9.17) is 21.1 Å². The van der Waals surface area contributed by atoms with Crippen LogP contribution >= 0.6 is 11.6 Å². The van der Waals surface area contributed by atoms with E-state index in [1.165, 1.54) is 0 Å². The van der Waals surface area contributed by atoms with Gasteiger partial charge in [0.1, 0.15) is 0 Å². The predicted octanol–water partition coefficient (Wildman–Crippen LogP) is 8.00. The highest BCUT2D eigenvalue weighted by Crippen LogP contribution is 2.38. The average molecular weight is 562 g/mol. The number of amides is 1. The zero-order valence-corrected chi connectivity index (χ0v) is 26.1. The van der Waals surface area contributed by atoms with Crippen LogP contribution in [0.1, 0.15) is 99.3 Å². The lowest BCUT2D eigenvalue weighted by Gasteiger charge is -2.44. The minimum Gasteiger partial charge on any atom is -0.493 e. The molecule has 0 aromatic rings. The molecule has 0 bridgehead atoms. The fourth-order valence-electron chi connectivity index (χ4n) is 5.83. The van der Waals surface area contributed by atoms with Crippen LogP contribution in [0, 0.1) is 5.92 Å². The number of alkyl halides is 1. The van der Waals surface area contributed by atoms with E-state index in [0.29, 0.717) is 11.5 Å². The van der Waals surface area contributed by atoms with Crippen LogP contribution in [0.5, 0.6) is 0 Å². The number of rotatable bonds is 14. The molecular formula is C33H52ClNO4. The van der Waals surface area contributed by atoms with E-state index in [0.717, 1.165) is 62.5 Å². The number of aliphatic hydroxyl groups is 1. The van der Waals surface area contributed by atoms with E-state index < -0.39 is 5.60 Å². The Kier molecular flexibility index (Phi) is 13.4. The Balaban J connectivity index is 2.27. The molecule has 220 valence electrons. The largest absolute Gasteiger partial charge is 0.493 e. The quantitative estimate of drug-likeness (QED) is 0.132. The van der Waals surface area contributed by atoms with Crippen molar-refractivity contribution in [3.8, 4) is 0 Å². The van der Waals surface area contributed by atoms with E-state index in [9.17, 15) is 9.90 Å². The molecule has 1 N–H and O–H groups in total. The summed E-state index contributed by atoms with van der Waals surface area (Å²) in [5.74, 6) is 1.49. The van der Waals surface area contributed by atoms with Gasteiger partial charge in [0.2, 0.25) is 5.91 Å². The van der Waals surface area contributed by atoms with E-state index >= 15 is 0 Å². The van der Waals surface area contributed by atoms with Gasteiger partial charge in [0.05, 0.1) is 30.2 Å². The van der Waals surface area contributed by atoms with Crippen molar-refractivity contribution in [2.75, 3.05) is 7.11 Å². The van der Waals surface area contributed by atoms with E-state index in [-0.39, 0.29) is 41.8 Å². The van der Waals surface area contributed by atoms with E-state index in [1.807, 2.05) is 39.8 Å². The minimum absolute atomic E-state index is 0.00226. The molecule has 3 unspecified atom stereocenters. The monoisotopic (exact) mass is 561 g/mol. The normalized spacial score (nSPS) is 24.8. The lowest BCUT2D eigenvalue weighted by molar-refractivity contribution is -0.136. The molecule has 1 fully saturated rings. The second-order valence-electron chi connectivity index (χ2n) is 11.7. The van der Waals surface area contributed by atoms with Gasteiger partial charge < -0.3 is 19.5 Å². The molecule has 0 radical (unpaired) electrons. The molecule has 0 heterocycles. The summed E-state index contributed by atoms with van der Waals surface area (Å²) in [5, 5.41) is 11.1. The van der Waals surface area contributed by atoms with E-state index in [1.54, 1.807) is 13.2 Å². The first kappa shape index (κ1) is 33.2. The molecule has 0 aromatic heterocycles. The Hall–Kier alpha value is -1.98. The SMILES string of the molecule is C=C/C(OC(C)C)=C(\C=C(/C)CC(=O)N(C1CCC(C(C)(O)CCCC)CC1)C(C)C1=CCC(Cl)C=C1)OC. The second kappa shape index (κ2) is 15.7. The number of nitrogens with zero attached hydrogens (tertiary/aromatic N) is 1. The molecule has 0 saturated heterocycles. The number of carbonyl (C=O) groups is 1. The highest BCUT2D eigenvalue weighted by molar-refractivity contribution is 6.22. The number of allylic oxidation sites excluding steroid dienone is 4. The van der Waals surface area contributed by atoms with Gasteiger partial charge in [0.15, 0.2) is 11.5 Å². The molecule has 39 heavy (non-hydrogen) atoms. The number of carbonyl (C=O) groups excluding carboxylic acids is 1. The van der Waals surface area contributed by atoms with Gasteiger partial charge in [0, 0.05) is 12.5 Å². The van der Waals surface area contributed by atoms with Crippen LogP contribution in [0.2, 0.25) is 0 Å². The first-order chi connectivity index (χ1) is 18.4. The number of halogens is 1. The maximum Gasteiger partial charge on any atom is 0.227 e. The summed E-state index contributed by atoms with van der Waals surface area (Å²) in [4.78, 5) is 16.0. The van der Waals surface area contributed by atoms with Gasteiger partial charge in [-0.1, -0.05) is 50.1 Å². The minimum atomic E-state index is -0.644. The molecule has 0 aliphatic heterocycles. The van der Waals surface area contributed by atoms with Crippen LogP contribution in [0.3, 0.4) is 0 Å². The summed E-state index contributed by atoms with van der Waals surface area (Å²) in [6, 6.07) is 0.0744. The molecule has 0 aromatic carbocycles. The average Bonchev–Trinajstić information content (AvgIpc) is 2.90. The summed E-state index contributed by atoms with van der Waals surface area (Å²) < 4.78 is 11.4. The van der Waals surface area contributed by atoms with Gasteiger partial charge in [-0.05, 0) is 96.8 Å². The fraction of sp³-hybridized carbons (Fsp3) is 0.667. The van der Waals surface area contributed by atoms with Crippen molar-refractivity contribution in [3.63, 3.8) is 0 Å². The maximum atomic E-state index is 14.0. The lowest BCUT2D eigenvalue weighted by atomic mass is 9.73. The lowest BCUT2D eigenvalue weighted by Crippen LogP contribution is -2.49. The van der Waals surface area contributed by atoms with E-state index in [2.05, 4.69) is 37.5 Å². The Morgan fingerprint density at radius 3 is 2.44 bits per heavy atom. The van der Waals surface area contributed by atoms with Crippen LogP contribution in [0.25, 0.3) is 0 Å². The number of hydrogen-bond acceptors (Lipinski definition) is 4. The summed E-state index contributed by atoms with van der Waals surface area (Å²) in [5.41, 5.74) is 1.39. The van der Waals surface area contributed by atoms with Crippen LogP contribution in [-0.2, 0) is 14.3 Å². The van der Waals surface area contributed by atoms with Gasteiger partial charge in [-0.2, -0.15) is 0 Å². The third-order valence-corrected chi connectivity index (χ3v) is 8.41. The summed E-state index contributed by atoms with van der Waals surface area (Å²) in [7, 11) is 1.60.